The molecule has 5 heteroatoms. The van der Waals surface area contributed by atoms with Crippen LogP contribution in [0.2, 0.25) is 0 Å². The van der Waals surface area contributed by atoms with Crippen molar-refractivity contribution >= 4 is 21.8 Å². The number of benzene rings is 1. The van der Waals surface area contributed by atoms with Crippen molar-refractivity contribution in [3.8, 4) is 5.75 Å². The van der Waals surface area contributed by atoms with Crippen LogP contribution in [-0.2, 0) is 11.2 Å². The first-order chi connectivity index (χ1) is 14.9. The summed E-state index contributed by atoms with van der Waals surface area (Å²) in [5.41, 5.74) is 1.38. The van der Waals surface area contributed by atoms with Crippen LogP contribution in [0.25, 0.3) is 0 Å². The van der Waals surface area contributed by atoms with Crippen LogP contribution in [0.4, 0.5) is 0 Å². The van der Waals surface area contributed by atoms with Gasteiger partial charge in [-0.1, -0.05) is 15.9 Å². The molecule has 1 N–H and O–H groups in total. The second kappa shape index (κ2) is 12.2. The van der Waals surface area contributed by atoms with Gasteiger partial charge in [0, 0.05) is 17.4 Å². The first kappa shape index (κ1) is 24.6. The van der Waals surface area contributed by atoms with E-state index in [-0.39, 0.29) is 12.0 Å². The molecule has 1 aromatic carbocycles. The lowest BCUT2D eigenvalue weighted by Gasteiger charge is -2.33. The van der Waals surface area contributed by atoms with Crippen LogP contribution >= 0.6 is 15.9 Å². The summed E-state index contributed by atoms with van der Waals surface area (Å²) in [6, 6.07) is 6.83. The van der Waals surface area contributed by atoms with Gasteiger partial charge in [-0.2, -0.15) is 0 Å². The van der Waals surface area contributed by atoms with E-state index in [9.17, 15) is 4.79 Å². The molecule has 1 amide bonds. The summed E-state index contributed by atoms with van der Waals surface area (Å²) < 4.78 is 7.09. The number of hydrogen-bond acceptors (Lipinski definition) is 3. The van der Waals surface area contributed by atoms with Gasteiger partial charge in [0.25, 0.3) is 0 Å². The molecule has 0 spiro atoms. The number of nitrogens with one attached hydrogen (secondary N) is 1. The van der Waals surface area contributed by atoms with Crippen molar-refractivity contribution in [1.29, 1.82) is 0 Å². The summed E-state index contributed by atoms with van der Waals surface area (Å²) in [7, 11) is 0. The summed E-state index contributed by atoms with van der Waals surface area (Å²) >= 11 is 3.74. The Hall–Kier alpha value is -1.07. The van der Waals surface area contributed by atoms with Gasteiger partial charge in [-0.15, -0.1) is 0 Å². The first-order valence-corrected chi connectivity index (χ1v) is 13.1. The minimum atomic E-state index is 0.121. The van der Waals surface area contributed by atoms with Gasteiger partial charge in [0.2, 0.25) is 5.91 Å². The third-order valence-electron chi connectivity index (χ3n) is 6.95. The minimum absolute atomic E-state index is 0.121. The molecule has 1 aromatic rings. The topological polar surface area (TPSA) is 41.6 Å². The van der Waals surface area contributed by atoms with Crippen molar-refractivity contribution in [1.82, 2.24) is 10.2 Å². The molecule has 31 heavy (non-hydrogen) atoms. The maximum absolute atomic E-state index is 11.2. The van der Waals surface area contributed by atoms with Crippen molar-refractivity contribution < 1.29 is 9.53 Å². The van der Waals surface area contributed by atoms with Crippen LogP contribution in [-0.4, -0.2) is 42.6 Å². The fraction of sp³-hybridized carbons (Fsp3) is 0.731. The zero-order chi connectivity index (χ0) is 22.2. The fourth-order valence-electron chi connectivity index (χ4n) is 5.26. The Balaban J connectivity index is 1.33. The van der Waals surface area contributed by atoms with Crippen LogP contribution in [0.15, 0.2) is 22.7 Å². The number of carbonyl (C=O) groups excluding carboxylic acids is 1. The second-order valence-corrected chi connectivity index (χ2v) is 10.8. The van der Waals surface area contributed by atoms with E-state index in [1.54, 1.807) is 6.92 Å². The summed E-state index contributed by atoms with van der Waals surface area (Å²) in [6.07, 6.45) is 11.5. The van der Waals surface area contributed by atoms with Gasteiger partial charge in [-0.05, 0) is 127 Å². The lowest BCUT2D eigenvalue weighted by Crippen LogP contribution is -2.37. The third-order valence-corrected chi connectivity index (χ3v) is 7.72. The van der Waals surface area contributed by atoms with Crippen molar-refractivity contribution in [2.45, 2.75) is 90.7 Å². The Morgan fingerprint density at radius 2 is 1.84 bits per heavy atom. The minimum Gasteiger partial charge on any atom is -0.491 e. The van der Waals surface area contributed by atoms with Crippen molar-refractivity contribution in [2.24, 2.45) is 11.8 Å². The van der Waals surface area contributed by atoms with Crippen molar-refractivity contribution in [2.75, 3.05) is 19.6 Å². The Bertz CT molecular complexity index is 693. The molecule has 0 atom stereocenters. The van der Waals surface area contributed by atoms with E-state index in [1.165, 1.54) is 68.2 Å². The number of halogens is 1. The average Bonchev–Trinajstić information content (AvgIpc) is 2.72. The molecule has 0 bridgehead atoms. The van der Waals surface area contributed by atoms with Gasteiger partial charge >= 0.3 is 0 Å². The number of piperidine rings is 1. The summed E-state index contributed by atoms with van der Waals surface area (Å²) in [5, 5.41) is 3.09. The molecule has 0 radical (unpaired) electrons. The van der Waals surface area contributed by atoms with Crippen LogP contribution < -0.4 is 10.1 Å². The number of rotatable bonds is 9. The molecule has 2 fully saturated rings. The highest BCUT2D eigenvalue weighted by Gasteiger charge is 2.23. The maximum Gasteiger partial charge on any atom is 0.217 e. The van der Waals surface area contributed by atoms with Gasteiger partial charge < -0.3 is 15.0 Å². The normalized spacial score (nSPS) is 23.1. The zero-order valence-electron chi connectivity index (χ0n) is 19.7. The van der Waals surface area contributed by atoms with E-state index >= 15 is 0 Å². The van der Waals surface area contributed by atoms with Crippen molar-refractivity contribution in [3.05, 3.63) is 28.2 Å². The first-order valence-electron chi connectivity index (χ1n) is 12.3. The molecule has 2 aliphatic rings. The predicted octanol–water partition coefficient (Wildman–Crippen LogP) is 5.97. The van der Waals surface area contributed by atoms with Crippen LogP contribution in [0, 0.1) is 11.8 Å². The van der Waals surface area contributed by atoms with E-state index < -0.39 is 0 Å². The summed E-state index contributed by atoms with van der Waals surface area (Å²) in [4.78, 5) is 13.9. The van der Waals surface area contributed by atoms with E-state index in [4.69, 9.17) is 4.74 Å². The molecule has 3 rings (SSSR count). The molecule has 1 aliphatic heterocycles. The Labute approximate surface area is 197 Å². The Kier molecular flexibility index (Phi) is 9.71. The lowest BCUT2D eigenvalue weighted by molar-refractivity contribution is -0.119. The Morgan fingerprint density at radius 3 is 2.48 bits per heavy atom. The molecule has 1 saturated carbocycles. The molecule has 4 nitrogen and oxygen atoms in total. The number of hydrogen-bond donors (Lipinski definition) is 1. The summed E-state index contributed by atoms with van der Waals surface area (Å²) in [5.74, 6) is 2.73. The molecule has 1 saturated heterocycles. The highest BCUT2D eigenvalue weighted by atomic mass is 79.9. The van der Waals surface area contributed by atoms with Gasteiger partial charge in [-0.3, -0.25) is 4.79 Å². The molecule has 0 aromatic heterocycles. The molecule has 1 aliphatic carbocycles. The molecular formula is C26H41BrN2O2. The van der Waals surface area contributed by atoms with Gasteiger partial charge in [0.15, 0.2) is 0 Å². The van der Waals surface area contributed by atoms with E-state index in [0.29, 0.717) is 6.04 Å². The fourth-order valence-corrected chi connectivity index (χ4v) is 5.67. The van der Waals surface area contributed by atoms with Crippen LogP contribution in [0.3, 0.4) is 0 Å². The van der Waals surface area contributed by atoms with E-state index in [1.807, 2.05) is 0 Å². The van der Waals surface area contributed by atoms with Crippen LogP contribution in [0.1, 0.15) is 77.7 Å². The molecule has 0 unspecified atom stereocenters. The number of amides is 1. The average molecular weight is 494 g/mol. The monoisotopic (exact) mass is 492 g/mol. The van der Waals surface area contributed by atoms with Crippen LogP contribution in [0.5, 0.6) is 5.75 Å². The highest BCUT2D eigenvalue weighted by molar-refractivity contribution is 9.10. The SMILES string of the molecule is CC(=O)N[C@H]1CC[C@H](CCCN2CCC(Cc3cc(OC(C)C)ccc3Br)CC2)CC1. The molecular weight excluding hydrogens is 452 g/mol. The van der Waals surface area contributed by atoms with Gasteiger partial charge in [-0.25, -0.2) is 0 Å². The number of likely N-dealkylation sites (tertiary alicyclic amines) is 1. The zero-order valence-corrected chi connectivity index (χ0v) is 21.3. The maximum atomic E-state index is 11.2. The standard InChI is InChI=1S/C26H41BrN2O2/c1-19(2)31-25-10-11-26(27)23(18-25)17-22-12-15-29(16-13-22)14-4-5-21-6-8-24(9-7-21)28-20(3)30/h10-11,18-19,21-22,24H,4-9,12-17H2,1-3H3,(H,28,30)/t21-,24-. The number of nitrogens with zero attached hydrogens (tertiary/aromatic N) is 1. The highest BCUT2D eigenvalue weighted by Crippen LogP contribution is 2.30. The predicted molar refractivity (Wildman–Crippen MR) is 132 cm³/mol. The molecule has 1 heterocycles. The number of carbonyl (C=O) groups is 1. The summed E-state index contributed by atoms with van der Waals surface area (Å²) in [6.45, 7) is 9.51. The van der Waals surface area contributed by atoms with Gasteiger partial charge in [0.1, 0.15) is 5.75 Å². The smallest absolute Gasteiger partial charge is 0.217 e. The van der Waals surface area contributed by atoms with Crippen molar-refractivity contribution in [3.63, 3.8) is 0 Å². The molecule has 174 valence electrons. The Morgan fingerprint density at radius 1 is 1.13 bits per heavy atom. The largest absolute Gasteiger partial charge is 0.491 e. The second-order valence-electron chi connectivity index (χ2n) is 9.97. The van der Waals surface area contributed by atoms with Gasteiger partial charge in [0.05, 0.1) is 6.10 Å². The quantitative estimate of drug-likeness (QED) is 0.461. The number of ether oxygens (including phenoxy) is 1. The lowest BCUT2D eigenvalue weighted by atomic mass is 9.83. The van der Waals surface area contributed by atoms with E-state index in [2.05, 4.69) is 58.2 Å². The third kappa shape index (κ3) is 8.42. The van der Waals surface area contributed by atoms with E-state index in [0.717, 1.165) is 36.8 Å².